The lowest BCUT2D eigenvalue weighted by Gasteiger charge is -2.21. The third kappa shape index (κ3) is 1.70. The van der Waals surface area contributed by atoms with Crippen molar-refractivity contribution < 1.29 is 4.74 Å². The summed E-state index contributed by atoms with van der Waals surface area (Å²) in [5.41, 5.74) is 3.34. The zero-order valence-corrected chi connectivity index (χ0v) is 9.29. The Morgan fingerprint density at radius 3 is 3.19 bits per heavy atom. The molecule has 16 heavy (non-hydrogen) atoms. The molecule has 1 unspecified atom stereocenters. The molecule has 0 saturated carbocycles. The molecule has 1 saturated heterocycles. The molecule has 4 nitrogen and oxygen atoms in total. The van der Waals surface area contributed by atoms with Gasteiger partial charge in [0.2, 0.25) is 0 Å². The number of morpholine rings is 1. The van der Waals surface area contributed by atoms with Crippen molar-refractivity contribution in [3.63, 3.8) is 0 Å². The van der Waals surface area contributed by atoms with Gasteiger partial charge in [-0.25, -0.2) is 4.98 Å². The smallest absolute Gasteiger partial charge is 0.137 e. The van der Waals surface area contributed by atoms with E-state index < -0.39 is 0 Å². The third-order valence-electron chi connectivity index (χ3n) is 2.89. The van der Waals surface area contributed by atoms with Crippen LogP contribution in [0.4, 0.5) is 0 Å². The standard InChI is InChI=1S/C12H15N3O/c1-8-2-3-9-10(6-8)15-12(14-9)11-7-13-4-5-16-11/h2-3,6,11,13H,4-5,7H2,1H3,(H,14,15). The number of aromatic amines is 1. The summed E-state index contributed by atoms with van der Waals surface area (Å²) < 4.78 is 5.67. The maximum Gasteiger partial charge on any atom is 0.137 e. The molecule has 0 aliphatic carbocycles. The summed E-state index contributed by atoms with van der Waals surface area (Å²) in [5.74, 6) is 0.924. The van der Waals surface area contributed by atoms with Gasteiger partial charge in [0.1, 0.15) is 11.9 Å². The van der Waals surface area contributed by atoms with Crippen molar-refractivity contribution in [2.75, 3.05) is 19.7 Å². The predicted octanol–water partition coefficient (Wildman–Crippen LogP) is 1.53. The van der Waals surface area contributed by atoms with E-state index in [2.05, 4.69) is 34.3 Å². The van der Waals surface area contributed by atoms with Crippen LogP contribution in [0.1, 0.15) is 17.5 Å². The molecule has 0 radical (unpaired) electrons. The Bertz CT molecular complexity index is 500. The number of aryl methyl sites for hydroxylation is 1. The van der Waals surface area contributed by atoms with Gasteiger partial charge in [-0.15, -0.1) is 0 Å². The highest BCUT2D eigenvalue weighted by Crippen LogP contribution is 2.20. The van der Waals surface area contributed by atoms with Crippen molar-refractivity contribution in [3.8, 4) is 0 Å². The van der Waals surface area contributed by atoms with E-state index in [1.807, 2.05) is 6.07 Å². The first-order valence-electron chi connectivity index (χ1n) is 5.61. The van der Waals surface area contributed by atoms with E-state index in [1.165, 1.54) is 5.56 Å². The average molecular weight is 217 g/mol. The summed E-state index contributed by atoms with van der Waals surface area (Å²) in [7, 11) is 0. The molecule has 1 atom stereocenters. The average Bonchev–Trinajstić information content (AvgIpc) is 2.73. The molecule has 1 aromatic carbocycles. The highest BCUT2D eigenvalue weighted by atomic mass is 16.5. The predicted molar refractivity (Wildman–Crippen MR) is 62.4 cm³/mol. The molecule has 4 heteroatoms. The number of imidazole rings is 1. The Kier molecular flexibility index (Phi) is 2.38. The topological polar surface area (TPSA) is 49.9 Å². The summed E-state index contributed by atoms with van der Waals surface area (Å²) in [4.78, 5) is 7.89. The summed E-state index contributed by atoms with van der Waals surface area (Å²) in [6.07, 6.45) is 0.0569. The van der Waals surface area contributed by atoms with Crippen molar-refractivity contribution >= 4 is 11.0 Å². The quantitative estimate of drug-likeness (QED) is 0.761. The number of nitrogens with zero attached hydrogens (tertiary/aromatic N) is 1. The fraction of sp³-hybridized carbons (Fsp3) is 0.417. The number of rotatable bonds is 1. The molecule has 2 heterocycles. The minimum atomic E-state index is 0.0569. The lowest BCUT2D eigenvalue weighted by molar-refractivity contribution is 0.0228. The highest BCUT2D eigenvalue weighted by Gasteiger charge is 2.18. The molecule has 2 N–H and O–H groups in total. The van der Waals surface area contributed by atoms with Crippen LogP contribution in [0.5, 0.6) is 0 Å². The Morgan fingerprint density at radius 2 is 2.38 bits per heavy atom. The fourth-order valence-corrected chi connectivity index (χ4v) is 2.04. The molecular formula is C12H15N3O. The van der Waals surface area contributed by atoms with E-state index in [9.17, 15) is 0 Å². The van der Waals surface area contributed by atoms with E-state index in [1.54, 1.807) is 0 Å². The molecule has 0 amide bonds. The van der Waals surface area contributed by atoms with Gasteiger partial charge in [-0.05, 0) is 24.6 Å². The molecule has 0 bridgehead atoms. The highest BCUT2D eigenvalue weighted by molar-refractivity contribution is 5.75. The number of H-pyrrole nitrogens is 1. The number of hydrogen-bond donors (Lipinski definition) is 2. The largest absolute Gasteiger partial charge is 0.368 e. The van der Waals surface area contributed by atoms with Gasteiger partial charge in [0.05, 0.1) is 17.6 Å². The second kappa shape index (κ2) is 3.88. The lowest BCUT2D eigenvalue weighted by Crippen LogP contribution is -2.33. The van der Waals surface area contributed by atoms with E-state index in [0.717, 1.165) is 36.6 Å². The lowest BCUT2D eigenvalue weighted by atomic mass is 10.2. The van der Waals surface area contributed by atoms with Crippen LogP contribution in [0.3, 0.4) is 0 Å². The van der Waals surface area contributed by atoms with Crippen LogP contribution >= 0.6 is 0 Å². The first kappa shape index (κ1) is 9.81. The van der Waals surface area contributed by atoms with Crippen molar-refractivity contribution in [1.82, 2.24) is 15.3 Å². The summed E-state index contributed by atoms with van der Waals surface area (Å²) >= 11 is 0. The number of nitrogens with one attached hydrogen (secondary N) is 2. The molecule has 1 aliphatic heterocycles. The van der Waals surface area contributed by atoms with E-state index in [4.69, 9.17) is 4.74 Å². The Morgan fingerprint density at radius 1 is 1.44 bits per heavy atom. The van der Waals surface area contributed by atoms with Gasteiger partial charge in [0.25, 0.3) is 0 Å². The van der Waals surface area contributed by atoms with Gasteiger partial charge in [0.15, 0.2) is 0 Å². The maximum absolute atomic E-state index is 5.67. The molecular weight excluding hydrogens is 202 g/mol. The van der Waals surface area contributed by atoms with Crippen LogP contribution in [-0.2, 0) is 4.74 Å². The monoisotopic (exact) mass is 217 g/mol. The summed E-state index contributed by atoms with van der Waals surface area (Å²) in [6, 6.07) is 6.23. The van der Waals surface area contributed by atoms with Gasteiger partial charge >= 0.3 is 0 Å². The van der Waals surface area contributed by atoms with Crippen molar-refractivity contribution in [2.45, 2.75) is 13.0 Å². The maximum atomic E-state index is 5.67. The molecule has 2 aromatic rings. The SMILES string of the molecule is Cc1ccc2nc(C3CNCCO3)[nH]c2c1. The molecule has 3 rings (SSSR count). The van der Waals surface area contributed by atoms with E-state index in [0.29, 0.717) is 0 Å². The van der Waals surface area contributed by atoms with Crippen LogP contribution in [0.15, 0.2) is 18.2 Å². The number of ether oxygens (including phenoxy) is 1. The minimum absolute atomic E-state index is 0.0569. The first-order chi connectivity index (χ1) is 7.83. The van der Waals surface area contributed by atoms with Crippen molar-refractivity contribution in [3.05, 3.63) is 29.6 Å². The number of fused-ring (bicyclic) bond motifs is 1. The summed E-state index contributed by atoms with van der Waals surface area (Å²) in [5, 5.41) is 3.30. The third-order valence-corrected chi connectivity index (χ3v) is 2.89. The van der Waals surface area contributed by atoms with Crippen LogP contribution in [0.2, 0.25) is 0 Å². The van der Waals surface area contributed by atoms with Crippen molar-refractivity contribution in [2.24, 2.45) is 0 Å². The molecule has 1 fully saturated rings. The Hall–Kier alpha value is -1.39. The van der Waals surface area contributed by atoms with Crippen LogP contribution < -0.4 is 5.32 Å². The van der Waals surface area contributed by atoms with E-state index >= 15 is 0 Å². The van der Waals surface area contributed by atoms with Crippen molar-refractivity contribution in [1.29, 1.82) is 0 Å². The van der Waals surface area contributed by atoms with Gasteiger partial charge in [-0.2, -0.15) is 0 Å². The van der Waals surface area contributed by atoms with Gasteiger partial charge < -0.3 is 15.0 Å². The molecule has 0 spiro atoms. The minimum Gasteiger partial charge on any atom is -0.368 e. The Balaban J connectivity index is 1.97. The fourth-order valence-electron chi connectivity index (χ4n) is 2.04. The molecule has 1 aliphatic rings. The second-order valence-corrected chi connectivity index (χ2v) is 4.21. The van der Waals surface area contributed by atoms with Gasteiger partial charge in [0, 0.05) is 13.1 Å². The van der Waals surface area contributed by atoms with Crippen LogP contribution in [0, 0.1) is 6.92 Å². The van der Waals surface area contributed by atoms with E-state index in [-0.39, 0.29) is 6.10 Å². The molecule has 84 valence electrons. The Labute approximate surface area is 94.0 Å². The zero-order valence-electron chi connectivity index (χ0n) is 9.29. The summed E-state index contributed by atoms with van der Waals surface area (Å²) in [6.45, 7) is 4.59. The molecule has 1 aromatic heterocycles. The first-order valence-corrected chi connectivity index (χ1v) is 5.61. The number of benzene rings is 1. The zero-order chi connectivity index (χ0) is 11.0. The normalized spacial score (nSPS) is 21.4. The number of aromatic nitrogens is 2. The van der Waals surface area contributed by atoms with Crippen LogP contribution in [-0.4, -0.2) is 29.7 Å². The second-order valence-electron chi connectivity index (χ2n) is 4.21. The van der Waals surface area contributed by atoms with Crippen LogP contribution in [0.25, 0.3) is 11.0 Å². The van der Waals surface area contributed by atoms with Gasteiger partial charge in [-0.1, -0.05) is 6.07 Å². The van der Waals surface area contributed by atoms with Gasteiger partial charge in [-0.3, -0.25) is 0 Å². The number of hydrogen-bond acceptors (Lipinski definition) is 3.